The number of thiazole rings is 1. The van der Waals surface area contributed by atoms with Crippen molar-refractivity contribution in [3.63, 3.8) is 0 Å². The number of aliphatic hydroxyl groups is 1. The molecule has 0 aliphatic carbocycles. The van der Waals surface area contributed by atoms with Crippen molar-refractivity contribution in [2.45, 2.75) is 38.1 Å². The third-order valence-corrected chi connectivity index (χ3v) is 7.67. The van der Waals surface area contributed by atoms with Crippen LogP contribution >= 0.6 is 23.1 Å². The lowest BCUT2D eigenvalue weighted by molar-refractivity contribution is -0.665. The fourth-order valence-corrected chi connectivity index (χ4v) is 6.13. The number of fused-ring (bicyclic) bond motifs is 2. The second-order valence-corrected chi connectivity index (χ2v) is 9.50. The Balaban J connectivity index is 1.62. The number of aliphatic hydroxyl groups excluding tert-OH is 1. The first-order valence-corrected chi connectivity index (χ1v) is 12.5. The minimum Gasteiger partial charge on any atom is -0.396 e. The highest BCUT2D eigenvalue weighted by Gasteiger charge is 2.22. The van der Waals surface area contributed by atoms with Crippen LogP contribution in [0.15, 0.2) is 82.3 Å². The van der Waals surface area contributed by atoms with Gasteiger partial charge < -0.3 is 10.0 Å². The number of anilines is 1. The predicted octanol–water partition coefficient (Wildman–Crippen LogP) is 6.39. The van der Waals surface area contributed by atoms with Crippen molar-refractivity contribution in [2.24, 2.45) is 0 Å². The van der Waals surface area contributed by atoms with Gasteiger partial charge in [-0.05, 0) is 56.5 Å². The van der Waals surface area contributed by atoms with Gasteiger partial charge in [0.25, 0.3) is 5.01 Å². The van der Waals surface area contributed by atoms with Crippen LogP contribution in [0.25, 0.3) is 16.3 Å². The molecular formula is C26H29N2OS2+. The lowest BCUT2D eigenvalue weighted by Crippen LogP contribution is -2.33. The van der Waals surface area contributed by atoms with Crippen LogP contribution in [0.3, 0.4) is 0 Å². The molecule has 2 aromatic carbocycles. The molecule has 2 heterocycles. The van der Waals surface area contributed by atoms with Gasteiger partial charge in [-0.25, -0.2) is 0 Å². The number of nitrogens with zero attached hydrogens (tertiary/aromatic N) is 2. The second kappa shape index (κ2) is 10.3. The minimum absolute atomic E-state index is 0.209. The lowest BCUT2D eigenvalue weighted by Gasteiger charge is -2.17. The molecule has 3 aromatic rings. The molecule has 0 saturated heterocycles. The number of rotatable bonds is 8. The van der Waals surface area contributed by atoms with E-state index in [-0.39, 0.29) is 6.61 Å². The van der Waals surface area contributed by atoms with Gasteiger partial charge in [0.05, 0.1) is 10.7 Å². The number of hydrogen-bond donors (Lipinski definition) is 1. The third-order valence-electron chi connectivity index (χ3n) is 5.41. The minimum atomic E-state index is 0.209. The molecule has 1 aliphatic rings. The van der Waals surface area contributed by atoms with Crippen molar-refractivity contribution in [1.29, 1.82) is 0 Å². The maximum absolute atomic E-state index is 9.37. The molecule has 5 heteroatoms. The fourth-order valence-electron chi connectivity index (χ4n) is 3.87. The van der Waals surface area contributed by atoms with Crippen molar-refractivity contribution in [1.82, 2.24) is 0 Å². The molecule has 1 aromatic heterocycles. The van der Waals surface area contributed by atoms with Crippen molar-refractivity contribution in [3.05, 3.63) is 82.4 Å². The Hall–Kier alpha value is -2.34. The zero-order valence-corrected chi connectivity index (χ0v) is 19.8. The van der Waals surface area contributed by atoms with Gasteiger partial charge in [-0.3, -0.25) is 0 Å². The van der Waals surface area contributed by atoms with Crippen molar-refractivity contribution >= 4 is 45.1 Å². The average Bonchev–Trinajstić information content (AvgIpc) is 3.35. The SMILES string of the molecule is CCN1C(=CC=C(C=Cc2sc3ccccc3[n+]2CC)CCCO)Sc2ccccc21. The van der Waals surface area contributed by atoms with E-state index in [1.165, 1.54) is 36.4 Å². The molecule has 0 atom stereocenters. The zero-order chi connectivity index (χ0) is 21.6. The first-order valence-electron chi connectivity index (χ1n) is 10.9. The van der Waals surface area contributed by atoms with E-state index in [2.05, 4.69) is 96.1 Å². The van der Waals surface area contributed by atoms with Crippen LogP contribution < -0.4 is 9.47 Å². The standard InChI is InChI=1S/C26H29N2OS2/c1-3-27-21-11-5-7-13-23(21)30-25(27)17-15-20(10-9-19-29)16-18-26-28(4-2)22-12-6-8-14-24(22)31-26/h5-8,11-18,29H,3-4,9-10,19H2,1-2H3/q+1. The number of aromatic nitrogens is 1. The first-order chi connectivity index (χ1) is 15.2. The van der Waals surface area contributed by atoms with E-state index in [0.29, 0.717) is 0 Å². The van der Waals surface area contributed by atoms with Gasteiger partial charge >= 0.3 is 0 Å². The maximum atomic E-state index is 9.37. The molecule has 0 radical (unpaired) electrons. The number of allylic oxidation sites excluding steroid dienone is 4. The molecular weight excluding hydrogens is 420 g/mol. The topological polar surface area (TPSA) is 27.4 Å². The van der Waals surface area contributed by atoms with Gasteiger partial charge in [-0.1, -0.05) is 59.5 Å². The van der Waals surface area contributed by atoms with Crippen LogP contribution in [-0.4, -0.2) is 18.3 Å². The number of benzene rings is 2. The van der Waals surface area contributed by atoms with Gasteiger partial charge in [-0.2, -0.15) is 4.57 Å². The predicted molar refractivity (Wildman–Crippen MR) is 135 cm³/mol. The summed E-state index contributed by atoms with van der Waals surface area (Å²) in [6, 6.07) is 17.1. The van der Waals surface area contributed by atoms with Gasteiger partial charge in [0.15, 0.2) is 0 Å². The highest BCUT2D eigenvalue weighted by Crippen LogP contribution is 2.45. The molecule has 160 valence electrons. The largest absolute Gasteiger partial charge is 0.396 e. The van der Waals surface area contributed by atoms with Crippen LogP contribution in [0.1, 0.15) is 31.7 Å². The second-order valence-electron chi connectivity index (χ2n) is 7.37. The number of thioether (sulfide) groups is 1. The Bertz CT molecular complexity index is 1140. The third kappa shape index (κ3) is 4.79. The summed E-state index contributed by atoms with van der Waals surface area (Å²) in [7, 11) is 0. The van der Waals surface area contributed by atoms with E-state index in [1.807, 2.05) is 23.1 Å². The molecule has 1 N–H and O–H groups in total. The Labute approximate surface area is 193 Å². The lowest BCUT2D eigenvalue weighted by atomic mass is 10.1. The van der Waals surface area contributed by atoms with Gasteiger partial charge in [-0.15, -0.1) is 0 Å². The molecule has 0 unspecified atom stereocenters. The normalized spacial score (nSPS) is 15.5. The van der Waals surface area contributed by atoms with E-state index in [0.717, 1.165) is 25.9 Å². The average molecular weight is 450 g/mol. The highest BCUT2D eigenvalue weighted by molar-refractivity contribution is 8.03. The maximum Gasteiger partial charge on any atom is 0.262 e. The number of para-hydroxylation sites is 2. The van der Waals surface area contributed by atoms with E-state index in [1.54, 1.807) is 0 Å². The molecule has 0 fully saturated rings. The monoisotopic (exact) mass is 449 g/mol. The fraction of sp³-hybridized carbons (Fsp3) is 0.269. The summed E-state index contributed by atoms with van der Waals surface area (Å²) in [5, 5.41) is 11.9. The zero-order valence-electron chi connectivity index (χ0n) is 18.1. The smallest absolute Gasteiger partial charge is 0.262 e. The quantitative estimate of drug-likeness (QED) is 0.319. The van der Waals surface area contributed by atoms with E-state index in [4.69, 9.17) is 0 Å². The Morgan fingerprint density at radius 2 is 1.90 bits per heavy atom. The van der Waals surface area contributed by atoms with Crippen LogP contribution in [-0.2, 0) is 6.54 Å². The van der Waals surface area contributed by atoms with Gasteiger partial charge in [0.2, 0.25) is 5.52 Å². The summed E-state index contributed by atoms with van der Waals surface area (Å²) in [5.41, 5.74) is 3.81. The molecule has 4 rings (SSSR count). The van der Waals surface area contributed by atoms with Crippen molar-refractivity contribution < 1.29 is 9.67 Å². The Morgan fingerprint density at radius 1 is 1.10 bits per heavy atom. The van der Waals surface area contributed by atoms with Gasteiger partial charge in [0, 0.05) is 30.2 Å². The van der Waals surface area contributed by atoms with Crippen LogP contribution in [0.4, 0.5) is 5.69 Å². The van der Waals surface area contributed by atoms with Gasteiger partial charge in [0.1, 0.15) is 11.2 Å². The molecule has 0 amide bonds. The van der Waals surface area contributed by atoms with Crippen molar-refractivity contribution in [2.75, 3.05) is 18.1 Å². The Kier molecular flexibility index (Phi) is 7.28. The van der Waals surface area contributed by atoms with E-state index < -0.39 is 0 Å². The van der Waals surface area contributed by atoms with Crippen molar-refractivity contribution in [3.8, 4) is 0 Å². The number of aryl methyl sites for hydroxylation is 1. The summed E-state index contributed by atoms with van der Waals surface area (Å²) in [6.45, 7) is 6.49. The molecule has 0 bridgehead atoms. The molecule has 0 saturated carbocycles. The van der Waals surface area contributed by atoms with Crippen LogP contribution in [0.5, 0.6) is 0 Å². The highest BCUT2D eigenvalue weighted by atomic mass is 32.2. The molecule has 0 spiro atoms. The molecule has 1 aliphatic heterocycles. The van der Waals surface area contributed by atoms with Crippen LogP contribution in [0, 0.1) is 0 Å². The summed E-state index contributed by atoms with van der Waals surface area (Å²) in [6.07, 6.45) is 10.5. The summed E-state index contributed by atoms with van der Waals surface area (Å²) in [4.78, 5) is 3.67. The summed E-state index contributed by atoms with van der Waals surface area (Å²) < 4.78 is 3.67. The van der Waals surface area contributed by atoms with E-state index >= 15 is 0 Å². The summed E-state index contributed by atoms with van der Waals surface area (Å²) >= 11 is 3.65. The van der Waals surface area contributed by atoms with E-state index in [9.17, 15) is 5.11 Å². The Morgan fingerprint density at radius 3 is 2.71 bits per heavy atom. The molecule has 3 nitrogen and oxygen atoms in total. The summed E-state index contributed by atoms with van der Waals surface area (Å²) in [5.74, 6) is 0. The molecule has 31 heavy (non-hydrogen) atoms. The first kappa shape index (κ1) is 21.9. The number of hydrogen-bond acceptors (Lipinski definition) is 4. The van der Waals surface area contributed by atoms with Crippen LogP contribution in [0.2, 0.25) is 0 Å².